The van der Waals surface area contributed by atoms with Gasteiger partial charge in [-0.3, -0.25) is 4.79 Å². The van der Waals surface area contributed by atoms with Crippen LogP contribution < -0.4 is 15.1 Å². The Balaban J connectivity index is 1.41. The summed E-state index contributed by atoms with van der Waals surface area (Å²) in [6, 6.07) is 8.01. The number of nitrogens with zero attached hydrogens (tertiary/aromatic N) is 4. The van der Waals surface area contributed by atoms with Crippen LogP contribution in [0, 0.1) is 0 Å². The third-order valence-electron chi connectivity index (χ3n) is 5.57. The first kappa shape index (κ1) is 16.8. The van der Waals surface area contributed by atoms with Gasteiger partial charge in [0.05, 0.1) is 0 Å². The number of carbonyl (C=O) groups is 1. The van der Waals surface area contributed by atoms with Crippen LogP contribution in [0.2, 0.25) is 5.02 Å². The molecule has 2 fully saturated rings. The van der Waals surface area contributed by atoms with Crippen LogP contribution in [0.4, 0.5) is 11.5 Å². The van der Waals surface area contributed by atoms with Crippen molar-refractivity contribution in [3.8, 4) is 0 Å². The molecule has 0 atom stereocenters. The van der Waals surface area contributed by atoms with E-state index in [1.54, 1.807) is 0 Å². The molecule has 3 aliphatic rings. The second kappa shape index (κ2) is 6.68. The molecule has 0 bridgehead atoms. The molecule has 2 aromatic rings. The van der Waals surface area contributed by atoms with Crippen molar-refractivity contribution in [3.63, 3.8) is 0 Å². The van der Waals surface area contributed by atoms with Gasteiger partial charge >= 0.3 is 0 Å². The summed E-state index contributed by atoms with van der Waals surface area (Å²) in [4.78, 5) is 26.5. The number of rotatable bonds is 3. The molecule has 1 saturated heterocycles. The van der Waals surface area contributed by atoms with Crippen LogP contribution in [-0.2, 0) is 6.42 Å². The first-order chi connectivity index (χ1) is 13.2. The molecule has 2 aliphatic heterocycles. The highest BCUT2D eigenvalue weighted by molar-refractivity contribution is 6.30. The highest BCUT2D eigenvalue weighted by Gasteiger charge is 2.33. The topological polar surface area (TPSA) is 61.4 Å². The Morgan fingerprint density at radius 2 is 1.85 bits per heavy atom. The van der Waals surface area contributed by atoms with E-state index >= 15 is 0 Å². The van der Waals surface area contributed by atoms with E-state index in [4.69, 9.17) is 16.6 Å². The van der Waals surface area contributed by atoms with Gasteiger partial charge in [0.2, 0.25) is 0 Å². The van der Waals surface area contributed by atoms with Crippen molar-refractivity contribution in [1.82, 2.24) is 15.3 Å². The van der Waals surface area contributed by atoms with E-state index in [-0.39, 0.29) is 5.91 Å². The zero-order valence-electron chi connectivity index (χ0n) is 15.1. The first-order valence-corrected chi connectivity index (χ1v) is 10.0. The Bertz CT molecular complexity index is 890. The van der Waals surface area contributed by atoms with E-state index in [1.165, 1.54) is 0 Å². The molecule has 27 heavy (non-hydrogen) atoms. The van der Waals surface area contributed by atoms with E-state index in [1.807, 2.05) is 18.2 Å². The number of hydrogen-bond acceptors (Lipinski definition) is 5. The van der Waals surface area contributed by atoms with Gasteiger partial charge in [0.15, 0.2) is 0 Å². The average Bonchev–Trinajstić information content (AvgIpc) is 3.53. The fraction of sp³-hybridized carbons (Fsp3) is 0.450. The Morgan fingerprint density at radius 3 is 2.59 bits per heavy atom. The molecule has 7 heteroatoms. The van der Waals surface area contributed by atoms with Crippen molar-refractivity contribution < 1.29 is 4.79 Å². The van der Waals surface area contributed by atoms with Gasteiger partial charge in [0.1, 0.15) is 17.3 Å². The Morgan fingerprint density at radius 1 is 1.07 bits per heavy atom. The van der Waals surface area contributed by atoms with Crippen LogP contribution in [0.1, 0.15) is 40.6 Å². The van der Waals surface area contributed by atoms with E-state index in [0.717, 1.165) is 73.4 Å². The molecule has 1 amide bonds. The number of hydrogen-bond donors (Lipinski definition) is 1. The van der Waals surface area contributed by atoms with E-state index in [2.05, 4.69) is 26.2 Å². The lowest BCUT2D eigenvalue weighted by Crippen LogP contribution is -2.48. The molecule has 1 aliphatic carbocycles. The fourth-order valence-electron chi connectivity index (χ4n) is 3.93. The normalized spacial score (nSPS) is 19.7. The molecule has 6 nitrogen and oxygen atoms in total. The third kappa shape index (κ3) is 3.23. The third-order valence-corrected chi connectivity index (χ3v) is 5.81. The number of benzene rings is 1. The summed E-state index contributed by atoms with van der Waals surface area (Å²) < 4.78 is 0. The summed E-state index contributed by atoms with van der Waals surface area (Å²) in [6.45, 7) is 4.23. The summed E-state index contributed by atoms with van der Waals surface area (Å²) in [6.07, 6.45) is 3.06. The minimum Gasteiger partial charge on any atom is -0.368 e. The Hall–Kier alpha value is -2.34. The average molecular weight is 384 g/mol. The molecule has 0 radical (unpaired) electrons. The van der Waals surface area contributed by atoms with Crippen molar-refractivity contribution >= 4 is 29.0 Å². The van der Waals surface area contributed by atoms with Crippen LogP contribution in [0.3, 0.4) is 0 Å². The molecular formula is C20H22ClN5O. The number of amides is 1. The standard InChI is InChI=1S/C20H22ClN5O/c21-14-2-1-3-15(12-14)25-8-10-26(11-9-25)19-16-6-7-22-20(27)17(16)23-18(24-19)13-4-5-13/h1-3,12-13H,4-11H2,(H,22,27). The smallest absolute Gasteiger partial charge is 0.270 e. The molecule has 1 saturated carbocycles. The maximum Gasteiger partial charge on any atom is 0.270 e. The summed E-state index contributed by atoms with van der Waals surface area (Å²) in [5.41, 5.74) is 2.76. The van der Waals surface area contributed by atoms with Crippen molar-refractivity contribution in [3.05, 3.63) is 46.4 Å². The molecule has 1 N–H and O–H groups in total. The molecular weight excluding hydrogens is 362 g/mol. The predicted octanol–water partition coefficient (Wildman–Crippen LogP) is 2.62. The maximum atomic E-state index is 12.3. The van der Waals surface area contributed by atoms with Crippen LogP contribution in [0.5, 0.6) is 0 Å². The van der Waals surface area contributed by atoms with E-state index in [0.29, 0.717) is 18.2 Å². The highest BCUT2D eigenvalue weighted by Crippen LogP contribution is 2.40. The van der Waals surface area contributed by atoms with Gasteiger partial charge < -0.3 is 15.1 Å². The van der Waals surface area contributed by atoms with Gasteiger partial charge in [0, 0.05) is 54.9 Å². The second-order valence-corrected chi connectivity index (χ2v) is 7.90. The molecule has 140 valence electrons. The number of nitrogens with one attached hydrogen (secondary N) is 1. The van der Waals surface area contributed by atoms with E-state index < -0.39 is 0 Å². The Kier molecular flexibility index (Phi) is 4.16. The first-order valence-electron chi connectivity index (χ1n) is 9.63. The summed E-state index contributed by atoms with van der Waals surface area (Å²) in [5, 5.41) is 3.68. The summed E-state index contributed by atoms with van der Waals surface area (Å²) in [5.74, 6) is 2.19. The van der Waals surface area contributed by atoms with Gasteiger partial charge in [-0.05, 0) is 37.5 Å². The minimum absolute atomic E-state index is 0.0561. The van der Waals surface area contributed by atoms with Crippen LogP contribution >= 0.6 is 11.6 Å². The number of fused-ring (bicyclic) bond motifs is 1. The van der Waals surface area contributed by atoms with Crippen molar-refractivity contribution in [2.24, 2.45) is 0 Å². The van der Waals surface area contributed by atoms with Crippen LogP contribution in [0.25, 0.3) is 0 Å². The van der Waals surface area contributed by atoms with Crippen molar-refractivity contribution in [2.45, 2.75) is 25.2 Å². The van der Waals surface area contributed by atoms with Gasteiger partial charge in [-0.15, -0.1) is 0 Å². The number of carbonyl (C=O) groups excluding carboxylic acids is 1. The molecule has 3 heterocycles. The van der Waals surface area contributed by atoms with Crippen LogP contribution in [0.15, 0.2) is 24.3 Å². The van der Waals surface area contributed by atoms with Gasteiger partial charge in [-0.2, -0.15) is 0 Å². The lowest BCUT2D eigenvalue weighted by Gasteiger charge is -2.38. The maximum absolute atomic E-state index is 12.3. The van der Waals surface area contributed by atoms with Crippen molar-refractivity contribution in [2.75, 3.05) is 42.5 Å². The molecule has 1 aromatic heterocycles. The predicted molar refractivity (Wildman–Crippen MR) is 106 cm³/mol. The largest absolute Gasteiger partial charge is 0.368 e. The summed E-state index contributed by atoms with van der Waals surface area (Å²) >= 11 is 6.14. The van der Waals surface area contributed by atoms with Gasteiger partial charge in [-0.1, -0.05) is 17.7 Å². The van der Waals surface area contributed by atoms with Gasteiger partial charge in [-0.25, -0.2) is 9.97 Å². The second-order valence-electron chi connectivity index (χ2n) is 7.47. The molecule has 0 unspecified atom stereocenters. The molecule has 1 aromatic carbocycles. The Labute approximate surface area is 163 Å². The number of piperazine rings is 1. The zero-order chi connectivity index (χ0) is 18.4. The lowest BCUT2D eigenvalue weighted by molar-refractivity contribution is 0.0940. The molecule has 5 rings (SSSR count). The number of aromatic nitrogens is 2. The van der Waals surface area contributed by atoms with Crippen LogP contribution in [-0.4, -0.2) is 48.6 Å². The quantitative estimate of drug-likeness (QED) is 0.882. The monoisotopic (exact) mass is 383 g/mol. The molecule has 0 spiro atoms. The SMILES string of the molecule is O=C1NCCc2c1nc(C1CC1)nc2N1CCN(c2cccc(Cl)c2)CC1. The number of anilines is 2. The zero-order valence-corrected chi connectivity index (χ0v) is 15.9. The summed E-state index contributed by atoms with van der Waals surface area (Å²) in [7, 11) is 0. The van der Waals surface area contributed by atoms with Gasteiger partial charge in [0.25, 0.3) is 5.91 Å². The number of halogens is 1. The highest BCUT2D eigenvalue weighted by atomic mass is 35.5. The lowest BCUT2D eigenvalue weighted by atomic mass is 10.0. The fourth-order valence-corrected chi connectivity index (χ4v) is 4.11. The van der Waals surface area contributed by atoms with E-state index in [9.17, 15) is 4.79 Å². The minimum atomic E-state index is -0.0561. The van der Waals surface area contributed by atoms with Crippen molar-refractivity contribution in [1.29, 1.82) is 0 Å².